The maximum atomic E-state index is 5.77. The predicted octanol–water partition coefficient (Wildman–Crippen LogP) is 2.66. The fourth-order valence-corrected chi connectivity index (χ4v) is 1.69. The third-order valence-corrected chi connectivity index (χ3v) is 2.77. The zero-order valence-corrected chi connectivity index (χ0v) is 10.7. The molecule has 0 aliphatic heterocycles. The van der Waals surface area contributed by atoms with E-state index in [1.165, 1.54) is 0 Å². The van der Waals surface area contributed by atoms with Crippen molar-refractivity contribution in [2.45, 2.75) is 6.92 Å². The highest BCUT2D eigenvalue weighted by atomic mass is 16.5. The summed E-state index contributed by atoms with van der Waals surface area (Å²) in [7, 11) is 3.25. The highest BCUT2D eigenvalue weighted by molar-refractivity contribution is 5.65. The number of nitrogens with zero attached hydrogens (tertiary/aromatic N) is 1. The van der Waals surface area contributed by atoms with Crippen molar-refractivity contribution < 1.29 is 9.47 Å². The van der Waals surface area contributed by atoms with E-state index < -0.39 is 0 Å². The van der Waals surface area contributed by atoms with Gasteiger partial charge in [-0.25, -0.2) is 0 Å². The number of aryl methyl sites for hydroxylation is 1. The van der Waals surface area contributed by atoms with Crippen LogP contribution in [0.1, 0.15) is 5.69 Å². The number of nitrogen functional groups attached to an aromatic ring is 1. The van der Waals surface area contributed by atoms with E-state index in [4.69, 9.17) is 15.2 Å². The molecule has 0 saturated heterocycles. The van der Waals surface area contributed by atoms with Gasteiger partial charge in [0.1, 0.15) is 11.5 Å². The first-order valence-corrected chi connectivity index (χ1v) is 5.60. The maximum Gasteiger partial charge on any atom is 0.123 e. The lowest BCUT2D eigenvalue weighted by atomic mass is 10.1. The zero-order chi connectivity index (χ0) is 13.1. The molecule has 0 atom stereocenters. The van der Waals surface area contributed by atoms with Gasteiger partial charge in [-0.2, -0.15) is 0 Å². The summed E-state index contributed by atoms with van der Waals surface area (Å²) in [5.74, 6) is 1.47. The van der Waals surface area contributed by atoms with Gasteiger partial charge in [-0.05, 0) is 31.2 Å². The van der Waals surface area contributed by atoms with Gasteiger partial charge in [-0.15, -0.1) is 0 Å². The number of methoxy groups -OCH3 is 2. The summed E-state index contributed by atoms with van der Waals surface area (Å²) >= 11 is 0. The number of anilines is 1. The molecule has 0 spiro atoms. The minimum absolute atomic E-state index is 0.689. The van der Waals surface area contributed by atoms with Crippen LogP contribution in [0.3, 0.4) is 0 Å². The van der Waals surface area contributed by atoms with Crippen molar-refractivity contribution >= 4 is 5.69 Å². The normalized spacial score (nSPS) is 10.2. The minimum Gasteiger partial charge on any atom is -0.497 e. The van der Waals surface area contributed by atoms with E-state index in [1.54, 1.807) is 14.2 Å². The highest BCUT2D eigenvalue weighted by Gasteiger charge is 2.06. The van der Waals surface area contributed by atoms with Crippen LogP contribution in [0, 0.1) is 6.92 Å². The Balaban J connectivity index is 2.51. The molecule has 0 aliphatic carbocycles. The molecule has 4 heteroatoms. The van der Waals surface area contributed by atoms with Crippen LogP contribution in [0.15, 0.2) is 30.3 Å². The Hall–Kier alpha value is -2.23. The van der Waals surface area contributed by atoms with Crippen molar-refractivity contribution in [2.24, 2.45) is 0 Å². The number of rotatable bonds is 3. The molecule has 0 amide bonds. The molecule has 2 N–H and O–H groups in total. The van der Waals surface area contributed by atoms with E-state index in [2.05, 4.69) is 4.98 Å². The molecular weight excluding hydrogens is 228 g/mol. The largest absolute Gasteiger partial charge is 0.497 e. The van der Waals surface area contributed by atoms with E-state index in [0.717, 1.165) is 28.5 Å². The van der Waals surface area contributed by atoms with Crippen LogP contribution in [0.5, 0.6) is 11.5 Å². The lowest BCUT2D eigenvalue weighted by Gasteiger charge is -2.09. The fraction of sp³-hybridized carbons (Fsp3) is 0.214. The fourth-order valence-electron chi connectivity index (χ4n) is 1.69. The first-order chi connectivity index (χ1) is 8.63. The van der Waals surface area contributed by atoms with Gasteiger partial charge in [0, 0.05) is 11.6 Å². The van der Waals surface area contributed by atoms with Gasteiger partial charge in [0.05, 0.1) is 31.3 Å². The number of ether oxygens (including phenoxy) is 2. The monoisotopic (exact) mass is 244 g/mol. The summed E-state index contributed by atoms with van der Waals surface area (Å²) in [6, 6.07) is 9.40. The third kappa shape index (κ3) is 2.37. The van der Waals surface area contributed by atoms with Crippen LogP contribution in [0.2, 0.25) is 0 Å². The van der Waals surface area contributed by atoms with E-state index >= 15 is 0 Å². The zero-order valence-electron chi connectivity index (χ0n) is 10.7. The molecule has 0 saturated carbocycles. The SMILES string of the molecule is COc1cc(OC)cc(-c2ccc(N)c(C)n2)c1. The number of hydrogen-bond acceptors (Lipinski definition) is 4. The van der Waals surface area contributed by atoms with Crippen molar-refractivity contribution in [3.63, 3.8) is 0 Å². The second-order valence-electron chi connectivity index (χ2n) is 3.97. The minimum atomic E-state index is 0.689. The van der Waals surface area contributed by atoms with Crippen molar-refractivity contribution in [1.82, 2.24) is 4.98 Å². The van der Waals surface area contributed by atoms with Gasteiger partial charge in [0.15, 0.2) is 0 Å². The van der Waals surface area contributed by atoms with Crippen molar-refractivity contribution in [3.8, 4) is 22.8 Å². The van der Waals surface area contributed by atoms with Gasteiger partial charge in [0.25, 0.3) is 0 Å². The molecule has 18 heavy (non-hydrogen) atoms. The summed E-state index contributed by atoms with van der Waals surface area (Å²) in [5.41, 5.74) is 9.06. The standard InChI is InChI=1S/C14H16N2O2/c1-9-13(15)4-5-14(16-9)10-6-11(17-2)8-12(7-10)18-3/h4-8H,15H2,1-3H3. The summed E-state index contributed by atoms with van der Waals surface area (Å²) in [4.78, 5) is 4.46. The Morgan fingerprint density at radius 2 is 1.61 bits per heavy atom. The Labute approximate surface area is 106 Å². The molecule has 1 heterocycles. The lowest BCUT2D eigenvalue weighted by Crippen LogP contribution is -1.95. The number of hydrogen-bond donors (Lipinski definition) is 1. The van der Waals surface area contributed by atoms with E-state index in [1.807, 2.05) is 37.3 Å². The van der Waals surface area contributed by atoms with Crippen molar-refractivity contribution in [1.29, 1.82) is 0 Å². The average molecular weight is 244 g/mol. The number of pyridine rings is 1. The van der Waals surface area contributed by atoms with Gasteiger partial charge in [0.2, 0.25) is 0 Å². The Bertz CT molecular complexity index is 545. The molecule has 0 aliphatic rings. The van der Waals surface area contributed by atoms with Crippen LogP contribution in [-0.2, 0) is 0 Å². The summed E-state index contributed by atoms with van der Waals surface area (Å²) in [6.07, 6.45) is 0. The molecule has 94 valence electrons. The quantitative estimate of drug-likeness (QED) is 0.901. The molecule has 0 bridgehead atoms. The molecule has 0 radical (unpaired) electrons. The molecule has 0 fully saturated rings. The smallest absolute Gasteiger partial charge is 0.123 e. The second-order valence-corrected chi connectivity index (χ2v) is 3.97. The van der Waals surface area contributed by atoms with Crippen LogP contribution in [0.25, 0.3) is 11.3 Å². The van der Waals surface area contributed by atoms with Crippen LogP contribution in [0.4, 0.5) is 5.69 Å². The maximum absolute atomic E-state index is 5.77. The highest BCUT2D eigenvalue weighted by Crippen LogP contribution is 2.29. The van der Waals surface area contributed by atoms with Gasteiger partial charge >= 0.3 is 0 Å². The predicted molar refractivity (Wildman–Crippen MR) is 71.9 cm³/mol. The first-order valence-electron chi connectivity index (χ1n) is 5.60. The third-order valence-electron chi connectivity index (χ3n) is 2.77. The van der Waals surface area contributed by atoms with Crippen molar-refractivity contribution in [2.75, 3.05) is 20.0 Å². The van der Waals surface area contributed by atoms with Gasteiger partial charge < -0.3 is 15.2 Å². The molecule has 2 aromatic rings. The van der Waals surface area contributed by atoms with Crippen molar-refractivity contribution in [3.05, 3.63) is 36.0 Å². The molecular formula is C14H16N2O2. The summed E-state index contributed by atoms with van der Waals surface area (Å²) in [5, 5.41) is 0. The van der Waals surface area contributed by atoms with E-state index in [9.17, 15) is 0 Å². The van der Waals surface area contributed by atoms with Crippen LogP contribution < -0.4 is 15.2 Å². The van der Waals surface area contributed by atoms with Gasteiger partial charge in [-0.1, -0.05) is 0 Å². The Morgan fingerprint density at radius 3 is 2.11 bits per heavy atom. The Kier molecular flexibility index (Phi) is 3.37. The van der Waals surface area contributed by atoms with Crippen LogP contribution >= 0.6 is 0 Å². The summed E-state index contributed by atoms with van der Waals surface area (Å²) < 4.78 is 10.5. The molecule has 4 nitrogen and oxygen atoms in total. The molecule has 1 aromatic heterocycles. The molecule has 0 unspecified atom stereocenters. The van der Waals surface area contributed by atoms with E-state index in [-0.39, 0.29) is 0 Å². The van der Waals surface area contributed by atoms with Crippen LogP contribution in [-0.4, -0.2) is 19.2 Å². The molecule has 1 aromatic carbocycles. The van der Waals surface area contributed by atoms with E-state index in [0.29, 0.717) is 5.69 Å². The number of benzene rings is 1. The second kappa shape index (κ2) is 4.96. The summed E-state index contributed by atoms with van der Waals surface area (Å²) in [6.45, 7) is 1.89. The number of nitrogens with two attached hydrogens (primary N) is 1. The Morgan fingerprint density at radius 1 is 1.00 bits per heavy atom. The molecule has 2 rings (SSSR count). The average Bonchev–Trinajstić information content (AvgIpc) is 2.41. The lowest BCUT2D eigenvalue weighted by molar-refractivity contribution is 0.394. The van der Waals surface area contributed by atoms with Gasteiger partial charge in [-0.3, -0.25) is 4.98 Å². The number of aromatic nitrogens is 1. The first kappa shape index (κ1) is 12.2. The topological polar surface area (TPSA) is 57.4 Å².